The van der Waals surface area contributed by atoms with E-state index in [9.17, 15) is 0 Å². The van der Waals surface area contributed by atoms with Crippen LogP contribution in [0.4, 0.5) is 5.82 Å². The number of morpholine rings is 1. The summed E-state index contributed by atoms with van der Waals surface area (Å²) in [4.78, 5) is 6.66. The molecule has 0 amide bonds. The number of hydrogen-bond acceptors (Lipinski definition) is 4. The number of aliphatic hydroxyl groups excluding tert-OH is 1. The largest absolute Gasteiger partial charge is 0.392 e. The molecule has 4 nitrogen and oxygen atoms in total. The molecule has 1 unspecified atom stereocenters. The maximum Gasteiger partial charge on any atom is 0.131 e. The number of rotatable bonds is 2. The van der Waals surface area contributed by atoms with Gasteiger partial charge >= 0.3 is 0 Å². The van der Waals surface area contributed by atoms with E-state index in [0.29, 0.717) is 0 Å². The lowest BCUT2D eigenvalue weighted by molar-refractivity contribution is 0.0529. The zero-order valence-electron chi connectivity index (χ0n) is 9.81. The summed E-state index contributed by atoms with van der Waals surface area (Å²) in [5.74, 6) is 1.01. The summed E-state index contributed by atoms with van der Waals surface area (Å²) in [5, 5.41) is 9.03. The summed E-state index contributed by atoms with van der Waals surface area (Å²) >= 11 is 0. The van der Waals surface area contributed by atoms with E-state index in [1.54, 1.807) is 6.20 Å². The Labute approximate surface area is 95.9 Å². The summed E-state index contributed by atoms with van der Waals surface area (Å²) < 4.78 is 5.50. The number of hydrogen-bond donors (Lipinski definition) is 1. The fourth-order valence-corrected chi connectivity index (χ4v) is 2.05. The molecule has 0 saturated carbocycles. The number of anilines is 1. The van der Waals surface area contributed by atoms with Crippen LogP contribution in [-0.2, 0) is 11.3 Å². The highest BCUT2D eigenvalue weighted by atomic mass is 16.5. The highest BCUT2D eigenvalue weighted by Crippen LogP contribution is 2.20. The van der Waals surface area contributed by atoms with Crippen LogP contribution in [0.5, 0.6) is 0 Å². The van der Waals surface area contributed by atoms with E-state index >= 15 is 0 Å². The molecule has 1 aromatic rings. The molecule has 1 aliphatic rings. The fourth-order valence-electron chi connectivity index (χ4n) is 2.05. The third kappa shape index (κ3) is 2.33. The van der Waals surface area contributed by atoms with E-state index in [2.05, 4.69) is 16.8 Å². The number of pyridine rings is 1. The number of ether oxygens (including phenoxy) is 1. The Bertz CT molecular complexity index is 368. The molecule has 2 heterocycles. The Hall–Kier alpha value is -1.13. The molecule has 1 N–H and O–H groups in total. The van der Waals surface area contributed by atoms with Crippen molar-refractivity contribution in [3.8, 4) is 0 Å². The Morgan fingerprint density at radius 2 is 2.44 bits per heavy atom. The molecule has 4 heteroatoms. The predicted molar refractivity (Wildman–Crippen MR) is 62.5 cm³/mol. The Morgan fingerprint density at radius 3 is 3.06 bits per heavy atom. The molecule has 1 aromatic heterocycles. The van der Waals surface area contributed by atoms with Gasteiger partial charge in [0.05, 0.1) is 19.3 Å². The van der Waals surface area contributed by atoms with Crippen molar-refractivity contribution in [2.24, 2.45) is 0 Å². The van der Waals surface area contributed by atoms with Gasteiger partial charge in [0.1, 0.15) is 5.82 Å². The van der Waals surface area contributed by atoms with Crippen LogP contribution in [-0.4, -0.2) is 35.9 Å². The third-order valence-electron chi connectivity index (χ3n) is 2.83. The Balaban J connectivity index is 2.19. The second kappa shape index (κ2) is 4.80. The molecule has 0 spiro atoms. The average Bonchev–Trinajstić information content (AvgIpc) is 2.28. The van der Waals surface area contributed by atoms with Crippen LogP contribution < -0.4 is 4.90 Å². The summed E-state index contributed by atoms with van der Waals surface area (Å²) in [6.45, 7) is 6.67. The first kappa shape index (κ1) is 11.4. The van der Waals surface area contributed by atoms with Crippen LogP contribution in [0.1, 0.15) is 18.1 Å². The van der Waals surface area contributed by atoms with Gasteiger partial charge in [0, 0.05) is 19.3 Å². The first-order valence-electron chi connectivity index (χ1n) is 5.63. The van der Waals surface area contributed by atoms with Crippen LogP contribution in [0.2, 0.25) is 0 Å². The highest BCUT2D eigenvalue weighted by molar-refractivity contribution is 5.47. The zero-order valence-corrected chi connectivity index (χ0v) is 9.81. The quantitative estimate of drug-likeness (QED) is 0.814. The van der Waals surface area contributed by atoms with Gasteiger partial charge in [-0.25, -0.2) is 4.98 Å². The highest BCUT2D eigenvalue weighted by Gasteiger charge is 2.19. The van der Waals surface area contributed by atoms with Crippen molar-refractivity contribution in [1.82, 2.24) is 4.98 Å². The van der Waals surface area contributed by atoms with Crippen LogP contribution in [0.15, 0.2) is 12.3 Å². The van der Waals surface area contributed by atoms with E-state index in [-0.39, 0.29) is 12.7 Å². The SMILES string of the molecule is Cc1cc(CO)cnc1N1CCOC(C)C1. The van der Waals surface area contributed by atoms with E-state index in [0.717, 1.165) is 36.6 Å². The molecule has 88 valence electrons. The average molecular weight is 222 g/mol. The lowest BCUT2D eigenvalue weighted by Gasteiger charge is -2.33. The minimum Gasteiger partial charge on any atom is -0.392 e. The maximum absolute atomic E-state index is 9.03. The number of aromatic nitrogens is 1. The normalized spacial score (nSPS) is 21.2. The lowest BCUT2D eigenvalue weighted by Crippen LogP contribution is -2.41. The molecule has 0 aromatic carbocycles. The van der Waals surface area contributed by atoms with Gasteiger partial charge in [-0.2, -0.15) is 0 Å². The minimum atomic E-state index is 0.0492. The summed E-state index contributed by atoms with van der Waals surface area (Å²) in [7, 11) is 0. The number of aliphatic hydroxyl groups is 1. The van der Waals surface area contributed by atoms with Gasteiger partial charge in [0.15, 0.2) is 0 Å². The van der Waals surface area contributed by atoms with Gasteiger partial charge in [-0.1, -0.05) is 0 Å². The van der Waals surface area contributed by atoms with Crippen molar-refractivity contribution in [3.63, 3.8) is 0 Å². The standard InChI is InChI=1S/C12H18N2O2/c1-9-5-11(8-15)6-13-12(9)14-3-4-16-10(2)7-14/h5-6,10,15H,3-4,7-8H2,1-2H3. The van der Waals surface area contributed by atoms with Gasteiger partial charge in [-0.3, -0.25) is 0 Å². The molecular weight excluding hydrogens is 204 g/mol. The first-order valence-corrected chi connectivity index (χ1v) is 5.63. The number of aryl methyl sites for hydroxylation is 1. The molecule has 1 saturated heterocycles. The molecular formula is C12H18N2O2. The molecule has 1 aliphatic heterocycles. The summed E-state index contributed by atoms with van der Waals surface area (Å²) in [6.07, 6.45) is 2.00. The van der Waals surface area contributed by atoms with Crippen molar-refractivity contribution in [2.75, 3.05) is 24.6 Å². The van der Waals surface area contributed by atoms with Crippen molar-refractivity contribution in [3.05, 3.63) is 23.4 Å². The third-order valence-corrected chi connectivity index (χ3v) is 2.83. The second-order valence-corrected chi connectivity index (χ2v) is 4.27. The van der Waals surface area contributed by atoms with Gasteiger partial charge in [0.2, 0.25) is 0 Å². The fraction of sp³-hybridized carbons (Fsp3) is 0.583. The summed E-state index contributed by atoms with van der Waals surface area (Å²) in [6, 6.07) is 1.99. The molecule has 0 aliphatic carbocycles. The predicted octanol–water partition coefficient (Wildman–Crippen LogP) is 1.11. The van der Waals surface area contributed by atoms with Gasteiger partial charge in [-0.15, -0.1) is 0 Å². The van der Waals surface area contributed by atoms with Gasteiger partial charge < -0.3 is 14.7 Å². The van der Waals surface area contributed by atoms with Crippen molar-refractivity contribution >= 4 is 5.82 Å². The lowest BCUT2D eigenvalue weighted by atomic mass is 10.2. The molecule has 16 heavy (non-hydrogen) atoms. The molecule has 0 radical (unpaired) electrons. The zero-order chi connectivity index (χ0) is 11.5. The Morgan fingerprint density at radius 1 is 1.62 bits per heavy atom. The van der Waals surface area contributed by atoms with Crippen molar-refractivity contribution < 1.29 is 9.84 Å². The molecule has 2 rings (SSSR count). The molecule has 0 bridgehead atoms. The van der Waals surface area contributed by atoms with Crippen molar-refractivity contribution in [1.29, 1.82) is 0 Å². The van der Waals surface area contributed by atoms with Crippen LogP contribution >= 0.6 is 0 Å². The molecule has 1 fully saturated rings. The van der Waals surface area contributed by atoms with Crippen molar-refractivity contribution in [2.45, 2.75) is 26.6 Å². The van der Waals surface area contributed by atoms with E-state index in [1.807, 2.05) is 13.0 Å². The maximum atomic E-state index is 9.03. The second-order valence-electron chi connectivity index (χ2n) is 4.27. The van der Waals surface area contributed by atoms with Crippen LogP contribution in [0, 0.1) is 6.92 Å². The van der Waals surface area contributed by atoms with E-state index < -0.39 is 0 Å². The van der Waals surface area contributed by atoms with Gasteiger partial charge in [0.25, 0.3) is 0 Å². The van der Waals surface area contributed by atoms with Gasteiger partial charge in [-0.05, 0) is 31.0 Å². The van der Waals surface area contributed by atoms with Crippen LogP contribution in [0.25, 0.3) is 0 Å². The minimum absolute atomic E-state index is 0.0492. The van der Waals surface area contributed by atoms with Crippen LogP contribution in [0.3, 0.4) is 0 Å². The smallest absolute Gasteiger partial charge is 0.131 e. The van der Waals surface area contributed by atoms with E-state index in [1.165, 1.54) is 0 Å². The first-order chi connectivity index (χ1) is 7.70. The topological polar surface area (TPSA) is 45.6 Å². The monoisotopic (exact) mass is 222 g/mol. The summed E-state index contributed by atoms with van der Waals surface area (Å²) in [5.41, 5.74) is 1.98. The molecule has 1 atom stereocenters. The van der Waals surface area contributed by atoms with E-state index in [4.69, 9.17) is 9.84 Å². The number of nitrogens with zero attached hydrogens (tertiary/aromatic N) is 2. The Kier molecular flexibility index (Phi) is 3.41.